The van der Waals surface area contributed by atoms with E-state index in [4.69, 9.17) is 11.6 Å². The second-order valence-corrected chi connectivity index (χ2v) is 5.29. The first-order valence-corrected chi connectivity index (χ1v) is 7.09. The van der Waals surface area contributed by atoms with Crippen molar-refractivity contribution in [2.24, 2.45) is 0 Å². The SMILES string of the molecule is O=c1c2nn(Cc3c(F)cccc3F)c(Cl)c2cnn1CC(F)F. The van der Waals surface area contributed by atoms with Crippen LogP contribution in [-0.2, 0) is 13.1 Å². The monoisotopic (exact) mass is 360 g/mol. The number of fused-ring (bicyclic) bond motifs is 1. The average molecular weight is 361 g/mol. The summed E-state index contributed by atoms with van der Waals surface area (Å²) in [5, 5.41) is 7.54. The van der Waals surface area contributed by atoms with Gasteiger partial charge in [0.2, 0.25) is 0 Å². The smallest absolute Gasteiger partial charge is 0.265 e. The van der Waals surface area contributed by atoms with Gasteiger partial charge in [0, 0.05) is 5.56 Å². The molecule has 126 valence electrons. The van der Waals surface area contributed by atoms with Gasteiger partial charge in [-0.05, 0) is 12.1 Å². The predicted molar refractivity (Wildman–Crippen MR) is 78.3 cm³/mol. The Labute approximate surface area is 137 Å². The first-order valence-electron chi connectivity index (χ1n) is 6.71. The van der Waals surface area contributed by atoms with E-state index in [2.05, 4.69) is 10.2 Å². The molecule has 10 heteroatoms. The summed E-state index contributed by atoms with van der Waals surface area (Å²) >= 11 is 6.06. The molecule has 5 nitrogen and oxygen atoms in total. The van der Waals surface area contributed by atoms with E-state index in [1.165, 1.54) is 6.07 Å². The molecule has 0 spiro atoms. The highest BCUT2D eigenvalue weighted by Gasteiger charge is 2.18. The Hall–Kier alpha value is -2.42. The van der Waals surface area contributed by atoms with Gasteiger partial charge >= 0.3 is 0 Å². The first-order chi connectivity index (χ1) is 11.4. The van der Waals surface area contributed by atoms with Gasteiger partial charge < -0.3 is 0 Å². The Morgan fingerprint density at radius 2 is 1.83 bits per heavy atom. The molecule has 2 heterocycles. The molecule has 3 rings (SSSR count). The maximum Gasteiger partial charge on any atom is 0.295 e. The summed E-state index contributed by atoms with van der Waals surface area (Å²) in [6.45, 7) is -1.25. The van der Waals surface area contributed by atoms with Crippen LogP contribution in [0.15, 0.2) is 29.2 Å². The zero-order valence-electron chi connectivity index (χ0n) is 11.9. The predicted octanol–water partition coefficient (Wildman–Crippen LogP) is 2.84. The van der Waals surface area contributed by atoms with Crippen LogP contribution in [0.4, 0.5) is 17.6 Å². The number of rotatable bonds is 4. The van der Waals surface area contributed by atoms with Gasteiger partial charge in [-0.3, -0.25) is 4.79 Å². The van der Waals surface area contributed by atoms with Gasteiger partial charge in [0.25, 0.3) is 12.0 Å². The Kier molecular flexibility index (Phi) is 4.27. The van der Waals surface area contributed by atoms with Crippen LogP contribution < -0.4 is 5.56 Å². The summed E-state index contributed by atoms with van der Waals surface area (Å²) in [4.78, 5) is 12.1. The van der Waals surface area contributed by atoms with Crippen LogP contribution in [0.5, 0.6) is 0 Å². The zero-order chi connectivity index (χ0) is 17.4. The third-order valence-corrected chi connectivity index (χ3v) is 3.77. The van der Waals surface area contributed by atoms with E-state index in [1.807, 2.05) is 0 Å². The third kappa shape index (κ3) is 2.86. The van der Waals surface area contributed by atoms with Gasteiger partial charge in [-0.1, -0.05) is 17.7 Å². The standard InChI is InChI=1S/C14H9ClF4N4O/c15-13-7-4-20-23(6-11(18)19)14(24)12(7)21-22(13)5-8-9(16)2-1-3-10(8)17/h1-4,11H,5-6H2. The van der Waals surface area contributed by atoms with Crippen molar-refractivity contribution >= 4 is 22.5 Å². The van der Waals surface area contributed by atoms with Crippen LogP contribution >= 0.6 is 11.6 Å². The van der Waals surface area contributed by atoms with Crippen molar-refractivity contribution in [3.8, 4) is 0 Å². The summed E-state index contributed by atoms with van der Waals surface area (Å²) < 4.78 is 53.9. The van der Waals surface area contributed by atoms with Crippen LogP contribution in [0.25, 0.3) is 10.9 Å². The molecule has 0 aliphatic heterocycles. The van der Waals surface area contributed by atoms with Gasteiger partial charge in [-0.2, -0.15) is 10.2 Å². The van der Waals surface area contributed by atoms with Gasteiger partial charge in [0.05, 0.1) is 18.1 Å². The molecule has 0 unspecified atom stereocenters. The minimum atomic E-state index is -2.77. The largest absolute Gasteiger partial charge is 0.295 e. The molecule has 0 fully saturated rings. The van der Waals surface area contributed by atoms with E-state index in [-0.39, 0.29) is 28.2 Å². The Morgan fingerprint density at radius 3 is 2.46 bits per heavy atom. The molecule has 0 saturated carbocycles. The molecule has 24 heavy (non-hydrogen) atoms. The summed E-state index contributed by atoms with van der Waals surface area (Å²) in [6.07, 6.45) is -1.65. The Balaban J connectivity index is 2.09. The van der Waals surface area contributed by atoms with E-state index in [0.717, 1.165) is 23.0 Å². The van der Waals surface area contributed by atoms with Gasteiger partial charge in [-0.15, -0.1) is 0 Å². The maximum atomic E-state index is 13.7. The fraction of sp³-hybridized carbons (Fsp3) is 0.214. The van der Waals surface area contributed by atoms with E-state index in [9.17, 15) is 22.4 Å². The number of alkyl halides is 2. The number of hydrogen-bond donors (Lipinski definition) is 0. The molecule has 2 aromatic heterocycles. The molecule has 0 amide bonds. The maximum absolute atomic E-state index is 13.7. The van der Waals surface area contributed by atoms with Gasteiger partial charge in [0.15, 0.2) is 5.52 Å². The highest BCUT2D eigenvalue weighted by molar-refractivity contribution is 6.34. The molecule has 0 aliphatic rings. The molecule has 0 radical (unpaired) electrons. The van der Waals surface area contributed by atoms with Gasteiger partial charge in [0.1, 0.15) is 23.3 Å². The second kappa shape index (κ2) is 6.23. The Morgan fingerprint density at radius 1 is 1.17 bits per heavy atom. The summed E-state index contributed by atoms with van der Waals surface area (Å²) in [5.41, 5.74) is -1.34. The number of halogens is 5. The van der Waals surface area contributed by atoms with Crippen LogP contribution in [0, 0.1) is 11.6 Å². The van der Waals surface area contributed by atoms with Gasteiger partial charge in [-0.25, -0.2) is 26.9 Å². The molecule has 0 bridgehead atoms. The molecule has 3 aromatic rings. The lowest BCUT2D eigenvalue weighted by atomic mass is 10.2. The quantitative estimate of drug-likeness (QED) is 0.672. The summed E-state index contributed by atoms with van der Waals surface area (Å²) in [6, 6.07) is 3.36. The van der Waals surface area contributed by atoms with Crippen molar-refractivity contribution in [1.29, 1.82) is 0 Å². The first kappa shape index (κ1) is 16.4. The van der Waals surface area contributed by atoms with Crippen molar-refractivity contribution in [3.05, 3.63) is 57.1 Å². The van der Waals surface area contributed by atoms with Crippen molar-refractivity contribution in [1.82, 2.24) is 19.6 Å². The van der Waals surface area contributed by atoms with Crippen molar-refractivity contribution in [3.63, 3.8) is 0 Å². The lowest BCUT2D eigenvalue weighted by molar-refractivity contribution is 0.120. The lowest BCUT2D eigenvalue weighted by Gasteiger charge is -2.05. The molecular weight excluding hydrogens is 352 g/mol. The second-order valence-electron chi connectivity index (χ2n) is 4.93. The highest BCUT2D eigenvalue weighted by atomic mass is 35.5. The molecular formula is C14H9ClF4N4O. The van der Waals surface area contributed by atoms with Crippen LogP contribution in [0.1, 0.15) is 5.56 Å². The fourth-order valence-corrected chi connectivity index (χ4v) is 2.46. The molecule has 0 saturated heterocycles. The van der Waals surface area contributed by atoms with E-state index < -0.39 is 30.2 Å². The van der Waals surface area contributed by atoms with Crippen LogP contribution in [-0.4, -0.2) is 26.0 Å². The summed E-state index contributed by atoms with van der Waals surface area (Å²) in [7, 11) is 0. The molecule has 0 N–H and O–H groups in total. The topological polar surface area (TPSA) is 52.7 Å². The number of hydrogen-bond acceptors (Lipinski definition) is 3. The van der Waals surface area contributed by atoms with Crippen molar-refractivity contribution in [2.75, 3.05) is 0 Å². The van der Waals surface area contributed by atoms with Crippen LogP contribution in [0.2, 0.25) is 5.15 Å². The number of benzene rings is 1. The summed E-state index contributed by atoms with van der Waals surface area (Å²) in [5.74, 6) is -1.59. The zero-order valence-corrected chi connectivity index (χ0v) is 12.6. The minimum absolute atomic E-state index is 0.0681. The fourth-order valence-electron chi connectivity index (χ4n) is 2.23. The molecule has 0 aliphatic carbocycles. The normalized spacial score (nSPS) is 11.6. The molecule has 0 atom stereocenters. The highest BCUT2D eigenvalue weighted by Crippen LogP contribution is 2.22. The minimum Gasteiger partial charge on any atom is -0.265 e. The molecule has 1 aromatic carbocycles. The lowest BCUT2D eigenvalue weighted by Crippen LogP contribution is -2.25. The number of nitrogens with zero attached hydrogens (tertiary/aromatic N) is 4. The van der Waals surface area contributed by atoms with Crippen molar-refractivity contribution in [2.45, 2.75) is 19.5 Å². The van der Waals surface area contributed by atoms with E-state index >= 15 is 0 Å². The third-order valence-electron chi connectivity index (χ3n) is 3.37. The number of aromatic nitrogens is 4. The van der Waals surface area contributed by atoms with E-state index in [1.54, 1.807) is 0 Å². The van der Waals surface area contributed by atoms with Crippen LogP contribution in [0.3, 0.4) is 0 Å². The van der Waals surface area contributed by atoms with E-state index in [0.29, 0.717) is 4.68 Å². The van der Waals surface area contributed by atoms with Crippen molar-refractivity contribution < 1.29 is 17.6 Å². The average Bonchev–Trinajstić information content (AvgIpc) is 2.83. The Bertz CT molecular complexity index is 949.